The second-order valence-electron chi connectivity index (χ2n) is 4.80. The summed E-state index contributed by atoms with van der Waals surface area (Å²) in [5, 5.41) is 18.5. The Bertz CT molecular complexity index is 433. The van der Waals surface area contributed by atoms with Gasteiger partial charge in [-0.1, -0.05) is 19.3 Å². The molecule has 1 fully saturated rings. The molecule has 1 aromatic heterocycles. The average Bonchev–Trinajstić information content (AvgIpc) is 2.73. The highest BCUT2D eigenvalue weighted by molar-refractivity contribution is 7.08. The highest BCUT2D eigenvalue weighted by Crippen LogP contribution is 2.24. The van der Waals surface area contributed by atoms with Crippen LogP contribution < -0.4 is 10.6 Å². The minimum Gasteiger partial charge on any atom is -0.481 e. The predicted octanol–water partition coefficient (Wildman–Crippen LogP) is 2.90. The Morgan fingerprint density at radius 2 is 2.05 bits per heavy atom. The first-order valence-electron chi connectivity index (χ1n) is 6.49. The minimum atomic E-state index is -0.817. The third-order valence-electron chi connectivity index (χ3n) is 3.43. The number of carboxylic acids is 1. The Hall–Kier alpha value is -1.56. The molecular formula is C13H18N2O3S. The molecule has 1 heterocycles. The quantitative estimate of drug-likeness (QED) is 0.746. The second kappa shape index (κ2) is 6.56. The molecule has 2 atom stereocenters. The zero-order chi connectivity index (χ0) is 13.7. The van der Waals surface area contributed by atoms with Crippen molar-refractivity contribution in [2.24, 2.45) is 5.92 Å². The van der Waals surface area contributed by atoms with Gasteiger partial charge in [-0.3, -0.25) is 4.79 Å². The van der Waals surface area contributed by atoms with E-state index in [0.717, 1.165) is 31.4 Å². The van der Waals surface area contributed by atoms with Crippen molar-refractivity contribution in [2.45, 2.75) is 38.1 Å². The van der Waals surface area contributed by atoms with Crippen LogP contribution in [-0.4, -0.2) is 23.1 Å². The summed E-state index contributed by atoms with van der Waals surface area (Å²) in [7, 11) is 0. The van der Waals surface area contributed by atoms with Crippen LogP contribution in [0, 0.1) is 5.92 Å². The highest BCUT2D eigenvalue weighted by atomic mass is 32.1. The van der Waals surface area contributed by atoms with Crippen molar-refractivity contribution in [3.8, 4) is 0 Å². The number of carbonyl (C=O) groups is 2. The van der Waals surface area contributed by atoms with Crippen molar-refractivity contribution in [3.05, 3.63) is 16.8 Å². The van der Waals surface area contributed by atoms with Gasteiger partial charge in [0.05, 0.1) is 11.6 Å². The van der Waals surface area contributed by atoms with Crippen molar-refractivity contribution >= 4 is 29.0 Å². The highest BCUT2D eigenvalue weighted by Gasteiger charge is 2.30. The second-order valence-corrected chi connectivity index (χ2v) is 5.58. The Morgan fingerprint density at radius 1 is 1.26 bits per heavy atom. The van der Waals surface area contributed by atoms with Crippen molar-refractivity contribution in [1.29, 1.82) is 0 Å². The number of thiophene rings is 1. The van der Waals surface area contributed by atoms with Crippen LogP contribution in [0.15, 0.2) is 16.8 Å². The summed E-state index contributed by atoms with van der Waals surface area (Å²) in [5.41, 5.74) is 0.739. The molecule has 0 aliphatic heterocycles. The molecule has 2 rings (SSSR count). The monoisotopic (exact) mass is 282 g/mol. The van der Waals surface area contributed by atoms with E-state index in [1.807, 2.05) is 16.8 Å². The number of anilines is 1. The van der Waals surface area contributed by atoms with Gasteiger partial charge in [-0.15, -0.1) is 0 Å². The van der Waals surface area contributed by atoms with E-state index >= 15 is 0 Å². The first-order valence-corrected chi connectivity index (χ1v) is 7.43. The number of rotatable bonds is 3. The molecule has 0 aromatic carbocycles. The van der Waals surface area contributed by atoms with Gasteiger partial charge in [0.15, 0.2) is 0 Å². The molecule has 19 heavy (non-hydrogen) atoms. The van der Waals surface area contributed by atoms with Gasteiger partial charge in [-0.25, -0.2) is 4.79 Å². The van der Waals surface area contributed by atoms with Gasteiger partial charge in [0.25, 0.3) is 0 Å². The zero-order valence-corrected chi connectivity index (χ0v) is 11.4. The van der Waals surface area contributed by atoms with E-state index in [2.05, 4.69) is 10.6 Å². The molecule has 2 amide bonds. The molecular weight excluding hydrogens is 264 g/mol. The van der Waals surface area contributed by atoms with Crippen LogP contribution in [0.25, 0.3) is 0 Å². The van der Waals surface area contributed by atoms with Gasteiger partial charge in [-0.05, 0) is 24.3 Å². The Balaban J connectivity index is 1.94. The number of nitrogens with one attached hydrogen (secondary N) is 2. The van der Waals surface area contributed by atoms with Crippen LogP contribution in [0.5, 0.6) is 0 Å². The lowest BCUT2D eigenvalue weighted by molar-refractivity contribution is -0.142. The molecule has 0 bridgehead atoms. The number of urea groups is 1. The SMILES string of the molecule is O=C(Nc1ccsc1)NC1CCCCCC1C(=O)O. The summed E-state index contributed by atoms with van der Waals surface area (Å²) in [6.45, 7) is 0. The lowest BCUT2D eigenvalue weighted by Gasteiger charge is -2.22. The van der Waals surface area contributed by atoms with Crippen LogP contribution >= 0.6 is 11.3 Å². The number of hydrogen-bond acceptors (Lipinski definition) is 3. The van der Waals surface area contributed by atoms with E-state index in [9.17, 15) is 14.7 Å². The number of amides is 2. The molecule has 1 aromatic rings. The maximum Gasteiger partial charge on any atom is 0.319 e. The van der Waals surface area contributed by atoms with Gasteiger partial charge in [0.1, 0.15) is 0 Å². The first kappa shape index (κ1) is 13.9. The van der Waals surface area contributed by atoms with E-state index < -0.39 is 11.9 Å². The fraction of sp³-hybridized carbons (Fsp3) is 0.538. The lowest BCUT2D eigenvalue weighted by atomic mass is 9.95. The molecule has 5 nitrogen and oxygen atoms in total. The number of hydrogen-bond donors (Lipinski definition) is 3. The summed E-state index contributed by atoms with van der Waals surface area (Å²) in [6, 6.07) is 1.21. The number of carbonyl (C=O) groups excluding carboxylic acids is 1. The molecule has 2 unspecified atom stereocenters. The standard InChI is InChI=1S/C13H18N2O3S/c16-12(17)10-4-2-1-3-5-11(10)15-13(18)14-9-6-7-19-8-9/h6-8,10-11H,1-5H2,(H,16,17)(H2,14,15,18). The van der Waals surface area contributed by atoms with Crippen LogP contribution in [-0.2, 0) is 4.79 Å². The molecule has 1 aliphatic carbocycles. The van der Waals surface area contributed by atoms with Crippen LogP contribution in [0.1, 0.15) is 32.1 Å². The third kappa shape index (κ3) is 3.96. The summed E-state index contributed by atoms with van der Waals surface area (Å²) in [4.78, 5) is 23.1. The Kier molecular flexibility index (Phi) is 4.79. The van der Waals surface area contributed by atoms with Gasteiger partial charge in [-0.2, -0.15) is 11.3 Å². The lowest BCUT2D eigenvalue weighted by Crippen LogP contribution is -2.44. The van der Waals surface area contributed by atoms with Gasteiger partial charge >= 0.3 is 12.0 Å². The van der Waals surface area contributed by atoms with Crippen molar-refractivity contribution in [3.63, 3.8) is 0 Å². The molecule has 0 saturated heterocycles. The fourth-order valence-corrected chi connectivity index (χ4v) is 3.03. The zero-order valence-electron chi connectivity index (χ0n) is 10.6. The average molecular weight is 282 g/mol. The molecule has 104 valence electrons. The van der Waals surface area contributed by atoms with E-state index in [1.54, 1.807) is 0 Å². The van der Waals surface area contributed by atoms with Crippen LogP contribution in [0.4, 0.5) is 10.5 Å². The van der Waals surface area contributed by atoms with Gasteiger partial charge in [0.2, 0.25) is 0 Å². The minimum absolute atomic E-state index is 0.279. The van der Waals surface area contributed by atoms with Crippen LogP contribution in [0.2, 0.25) is 0 Å². The predicted molar refractivity (Wildman–Crippen MR) is 74.5 cm³/mol. The van der Waals surface area contributed by atoms with Crippen molar-refractivity contribution < 1.29 is 14.7 Å². The maximum absolute atomic E-state index is 11.8. The molecule has 1 saturated carbocycles. The van der Waals surface area contributed by atoms with E-state index in [1.165, 1.54) is 11.3 Å². The molecule has 3 N–H and O–H groups in total. The molecule has 0 radical (unpaired) electrons. The van der Waals surface area contributed by atoms with Crippen molar-refractivity contribution in [2.75, 3.05) is 5.32 Å². The Morgan fingerprint density at radius 3 is 2.74 bits per heavy atom. The largest absolute Gasteiger partial charge is 0.481 e. The third-order valence-corrected chi connectivity index (χ3v) is 4.11. The fourth-order valence-electron chi connectivity index (χ4n) is 2.45. The Labute approximate surface area is 116 Å². The molecule has 6 heteroatoms. The summed E-state index contributed by atoms with van der Waals surface area (Å²) >= 11 is 1.50. The smallest absolute Gasteiger partial charge is 0.319 e. The maximum atomic E-state index is 11.8. The first-order chi connectivity index (χ1) is 9.16. The summed E-state index contributed by atoms with van der Waals surface area (Å²) in [5.74, 6) is -1.29. The topological polar surface area (TPSA) is 78.4 Å². The van der Waals surface area contributed by atoms with Gasteiger partial charge < -0.3 is 15.7 Å². The molecule has 1 aliphatic rings. The van der Waals surface area contributed by atoms with Crippen molar-refractivity contribution in [1.82, 2.24) is 5.32 Å². The molecule has 0 spiro atoms. The van der Waals surface area contributed by atoms with Crippen LogP contribution in [0.3, 0.4) is 0 Å². The van der Waals surface area contributed by atoms with Gasteiger partial charge in [0, 0.05) is 11.4 Å². The summed E-state index contributed by atoms with van der Waals surface area (Å²) < 4.78 is 0. The van der Waals surface area contributed by atoms with E-state index in [4.69, 9.17) is 0 Å². The van der Waals surface area contributed by atoms with E-state index in [0.29, 0.717) is 6.42 Å². The number of carboxylic acid groups (broad SMARTS) is 1. The number of aliphatic carboxylic acids is 1. The summed E-state index contributed by atoms with van der Waals surface area (Å²) in [6.07, 6.45) is 4.29. The normalized spacial score (nSPS) is 23.4. The van der Waals surface area contributed by atoms with E-state index in [-0.39, 0.29) is 12.1 Å².